The first kappa shape index (κ1) is 26.3. The lowest BCUT2D eigenvalue weighted by molar-refractivity contribution is -0.153. The van der Waals surface area contributed by atoms with Crippen molar-refractivity contribution >= 4 is 28.9 Å². The molecule has 4 atom stereocenters. The Balaban J connectivity index is 1.78. The third kappa shape index (κ3) is 3.55. The molecule has 0 spiro atoms. The van der Waals surface area contributed by atoms with Crippen LogP contribution in [-0.2, 0) is 20.8 Å². The lowest BCUT2D eigenvalue weighted by Gasteiger charge is -2.50. The summed E-state index contributed by atoms with van der Waals surface area (Å²) in [6.07, 6.45) is 4.59. The third-order valence-corrected chi connectivity index (χ3v) is 8.02. The quantitative estimate of drug-likeness (QED) is 0.342. The van der Waals surface area contributed by atoms with Gasteiger partial charge in [0.05, 0.1) is 23.5 Å². The number of nitrogens with two attached hydrogens (primary N) is 1. The molecule has 204 valence electrons. The highest BCUT2D eigenvalue weighted by Crippen LogP contribution is 2.54. The number of nitrogens with zero attached hydrogens (tertiary/aromatic N) is 4. The maximum absolute atomic E-state index is 14.0. The summed E-state index contributed by atoms with van der Waals surface area (Å²) in [7, 11) is 6.71. The van der Waals surface area contributed by atoms with Crippen molar-refractivity contribution in [3.8, 4) is 17.0 Å². The minimum absolute atomic E-state index is 0.00172. The number of amides is 1. The second kappa shape index (κ2) is 8.89. The lowest BCUT2D eigenvalue weighted by Crippen LogP contribution is -2.65. The Bertz CT molecular complexity index is 1500. The molecule has 12 nitrogen and oxygen atoms in total. The molecule has 0 saturated heterocycles. The van der Waals surface area contributed by atoms with Crippen LogP contribution < -0.4 is 10.6 Å². The number of Topliss-reactive ketones (excluding diaryl/α,β-unsaturated/α-hetero) is 2. The normalized spacial score (nSPS) is 26.4. The van der Waals surface area contributed by atoms with Crippen LogP contribution in [0.3, 0.4) is 0 Å². The maximum Gasteiger partial charge on any atom is 0.255 e. The number of hydrogen-bond donors (Lipinski definition) is 5. The van der Waals surface area contributed by atoms with E-state index in [0.29, 0.717) is 16.9 Å². The van der Waals surface area contributed by atoms with Gasteiger partial charge in [0, 0.05) is 49.2 Å². The number of fused-ring (bicyclic) bond motifs is 3. The Morgan fingerprint density at radius 3 is 2.38 bits per heavy atom. The molecule has 1 aromatic carbocycles. The van der Waals surface area contributed by atoms with Gasteiger partial charge in [0.25, 0.3) is 5.91 Å². The number of carbonyl (C=O) groups is 3. The van der Waals surface area contributed by atoms with Crippen molar-refractivity contribution in [3.63, 3.8) is 0 Å². The van der Waals surface area contributed by atoms with E-state index >= 15 is 0 Å². The van der Waals surface area contributed by atoms with E-state index in [9.17, 15) is 34.8 Å². The molecular weight excluding hydrogens is 506 g/mol. The van der Waals surface area contributed by atoms with Crippen LogP contribution in [0.2, 0.25) is 0 Å². The highest BCUT2D eigenvalue weighted by atomic mass is 16.3. The van der Waals surface area contributed by atoms with Gasteiger partial charge in [0.1, 0.15) is 22.8 Å². The van der Waals surface area contributed by atoms with E-state index in [1.807, 2.05) is 0 Å². The number of phenolic OH excluding ortho intramolecular Hbond substituents is 1. The lowest BCUT2D eigenvalue weighted by atomic mass is 9.57. The van der Waals surface area contributed by atoms with E-state index in [0.717, 1.165) is 0 Å². The Labute approximate surface area is 223 Å². The van der Waals surface area contributed by atoms with Crippen molar-refractivity contribution in [1.82, 2.24) is 14.9 Å². The molecule has 1 aromatic heterocycles. The van der Waals surface area contributed by atoms with Crippen LogP contribution in [0.25, 0.3) is 17.0 Å². The number of rotatable bonds is 4. The number of aliphatic hydroxyl groups excluding tert-OH is 2. The average Bonchev–Trinajstić information content (AvgIpc) is 2.86. The summed E-state index contributed by atoms with van der Waals surface area (Å²) < 4.78 is 0. The monoisotopic (exact) mass is 535 g/mol. The van der Waals surface area contributed by atoms with Gasteiger partial charge in [-0.2, -0.15) is 0 Å². The van der Waals surface area contributed by atoms with Crippen LogP contribution in [0.5, 0.6) is 5.75 Å². The average molecular weight is 536 g/mol. The molecule has 3 aliphatic rings. The maximum atomic E-state index is 14.0. The molecule has 39 heavy (non-hydrogen) atoms. The summed E-state index contributed by atoms with van der Waals surface area (Å²) in [4.78, 5) is 50.9. The van der Waals surface area contributed by atoms with Crippen molar-refractivity contribution in [2.45, 2.75) is 24.5 Å². The van der Waals surface area contributed by atoms with Gasteiger partial charge in [-0.05, 0) is 44.5 Å². The topological polar surface area (TPSA) is 190 Å². The molecule has 1 heterocycles. The van der Waals surface area contributed by atoms with Gasteiger partial charge >= 0.3 is 0 Å². The molecule has 12 heteroatoms. The molecule has 0 aliphatic heterocycles. The molecule has 0 unspecified atom stereocenters. The van der Waals surface area contributed by atoms with Crippen LogP contribution in [0.15, 0.2) is 41.6 Å². The number of aliphatic hydroxyl groups is 3. The number of carbonyl (C=O) groups excluding carboxylic acids is 3. The predicted octanol–water partition coefficient (Wildman–Crippen LogP) is 0.487. The molecule has 1 amide bonds. The summed E-state index contributed by atoms with van der Waals surface area (Å²) >= 11 is 0. The molecule has 2 aromatic rings. The fourth-order valence-electron chi connectivity index (χ4n) is 6.32. The molecule has 6 N–H and O–H groups in total. The zero-order chi connectivity index (χ0) is 28.5. The van der Waals surface area contributed by atoms with Gasteiger partial charge in [0.2, 0.25) is 5.78 Å². The number of aromatic nitrogens is 2. The standard InChI is InChI=1S/C27H29N5O7/c1-31(2)16-9-12(15-10-29-5-6-30-15)21(33)18-13(16)7-11-8-14-20(32(3)4)23(35)19(26(28)38)25(37)27(14,39)24(36)17(11)22(18)34/h5-6,9-11,14,20,33-34,37,39H,7-8H2,1-4H3,(H2,28,38)/t11-,14-,20-,27-/m0/s1. The summed E-state index contributed by atoms with van der Waals surface area (Å²) in [5.74, 6) is -6.92. The van der Waals surface area contributed by atoms with Gasteiger partial charge in [-0.15, -0.1) is 0 Å². The fraction of sp³-hybridized carbons (Fsp3) is 0.370. The van der Waals surface area contributed by atoms with E-state index in [1.165, 1.54) is 23.5 Å². The van der Waals surface area contributed by atoms with Crippen LogP contribution in [0.1, 0.15) is 17.5 Å². The van der Waals surface area contributed by atoms with E-state index in [2.05, 4.69) is 9.97 Å². The Morgan fingerprint density at radius 2 is 1.82 bits per heavy atom. The molecule has 1 fully saturated rings. The number of likely N-dealkylation sites (N-methyl/N-ethyl adjacent to an activating group) is 1. The van der Waals surface area contributed by atoms with E-state index in [4.69, 9.17) is 5.73 Å². The van der Waals surface area contributed by atoms with Crippen LogP contribution >= 0.6 is 0 Å². The number of primary amides is 1. The summed E-state index contributed by atoms with van der Waals surface area (Å²) in [6, 6.07) is 0.584. The van der Waals surface area contributed by atoms with Crippen molar-refractivity contribution in [3.05, 3.63) is 52.7 Å². The summed E-state index contributed by atoms with van der Waals surface area (Å²) in [5, 5.41) is 45.6. The third-order valence-electron chi connectivity index (χ3n) is 8.02. The predicted molar refractivity (Wildman–Crippen MR) is 140 cm³/mol. The molecule has 0 radical (unpaired) electrons. The van der Waals surface area contributed by atoms with Crippen molar-refractivity contribution in [1.29, 1.82) is 0 Å². The number of ketones is 2. The second-order valence-corrected chi connectivity index (χ2v) is 10.6. The van der Waals surface area contributed by atoms with E-state index in [-0.39, 0.29) is 35.3 Å². The second-order valence-electron chi connectivity index (χ2n) is 10.6. The SMILES string of the molecule is CN(C)c1cc(-c2cnccn2)c(O)c2c1C[C@H]1C[C@H]3[C@H](N(C)C)C(=O)C(C(N)=O)=C(O)[C@@]3(O)C(=O)C1=C2O. The zero-order valence-electron chi connectivity index (χ0n) is 21.8. The first-order chi connectivity index (χ1) is 18.3. The minimum atomic E-state index is -2.69. The molecule has 0 bridgehead atoms. The van der Waals surface area contributed by atoms with Crippen molar-refractivity contribution in [2.75, 3.05) is 33.1 Å². The van der Waals surface area contributed by atoms with Gasteiger partial charge in [-0.3, -0.25) is 29.3 Å². The number of aromatic hydroxyl groups is 1. The highest BCUT2D eigenvalue weighted by molar-refractivity contribution is 6.24. The number of benzene rings is 1. The van der Waals surface area contributed by atoms with Crippen LogP contribution in [0, 0.1) is 11.8 Å². The van der Waals surface area contributed by atoms with Crippen molar-refractivity contribution in [2.24, 2.45) is 17.6 Å². The minimum Gasteiger partial charge on any atom is -0.508 e. The van der Waals surface area contributed by atoms with Gasteiger partial charge in [0.15, 0.2) is 11.4 Å². The zero-order valence-corrected chi connectivity index (χ0v) is 21.8. The smallest absolute Gasteiger partial charge is 0.255 e. The first-order valence-corrected chi connectivity index (χ1v) is 12.3. The van der Waals surface area contributed by atoms with Gasteiger partial charge < -0.3 is 31.1 Å². The number of hydrogen-bond acceptors (Lipinski definition) is 11. The summed E-state index contributed by atoms with van der Waals surface area (Å²) in [6.45, 7) is 0. The molecule has 1 saturated carbocycles. The Hall–Kier alpha value is -4.29. The largest absolute Gasteiger partial charge is 0.508 e. The molecular formula is C27H29N5O7. The van der Waals surface area contributed by atoms with Gasteiger partial charge in [-0.1, -0.05) is 0 Å². The molecule has 5 rings (SSSR count). The number of anilines is 1. The number of phenols is 1. The Kier molecular flexibility index (Phi) is 6.00. The van der Waals surface area contributed by atoms with Crippen molar-refractivity contribution < 1.29 is 34.8 Å². The highest BCUT2D eigenvalue weighted by Gasteiger charge is 2.64. The summed E-state index contributed by atoms with van der Waals surface area (Å²) in [5.41, 5.74) is 3.45. The van der Waals surface area contributed by atoms with Crippen LogP contribution in [0.4, 0.5) is 5.69 Å². The fourth-order valence-corrected chi connectivity index (χ4v) is 6.32. The van der Waals surface area contributed by atoms with Crippen LogP contribution in [-0.4, -0.2) is 92.6 Å². The molecule has 3 aliphatic carbocycles. The van der Waals surface area contributed by atoms with E-state index in [1.54, 1.807) is 39.2 Å². The van der Waals surface area contributed by atoms with E-state index < -0.39 is 58.0 Å². The van der Waals surface area contributed by atoms with Gasteiger partial charge in [-0.25, -0.2) is 0 Å². The first-order valence-electron chi connectivity index (χ1n) is 12.3. The Morgan fingerprint density at radius 1 is 1.13 bits per heavy atom.